The molecule has 0 spiro atoms. The lowest BCUT2D eigenvalue weighted by Gasteiger charge is -2.26. The zero-order valence-electron chi connectivity index (χ0n) is 15.4. The van der Waals surface area contributed by atoms with Crippen LogP contribution < -0.4 is 11.1 Å². The summed E-state index contributed by atoms with van der Waals surface area (Å²) < 4.78 is 0. The molecule has 0 unspecified atom stereocenters. The second-order valence-corrected chi connectivity index (χ2v) is 7.13. The Kier molecular flexibility index (Phi) is 6.67. The van der Waals surface area contributed by atoms with Gasteiger partial charge in [0.1, 0.15) is 0 Å². The number of nitrogens with one attached hydrogen (secondary N) is 1. The highest BCUT2D eigenvalue weighted by Crippen LogP contribution is 2.14. The Morgan fingerprint density at radius 1 is 0.962 bits per heavy atom. The molecule has 1 fully saturated rings. The van der Waals surface area contributed by atoms with Crippen LogP contribution in [0.25, 0.3) is 0 Å². The van der Waals surface area contributed by atoms with E-state index < -0.39 is 0 Å². The number of rotatable bonds is 7. The van der Waals surface area contributed by atoms with E-state index >= 15 is 0 Å². The Morgan fingerprint density at radius 2 is 1.65 bits per heavy atom. The van der Waals surface area contributed by atoms with Crippen LogP contribution in [-0.4, -0.2) is 23.9 Å². The molecule has 0 bridgehead atoms. The minimum atomic E-state index is 0.0608. The molecule has 4 nitrogen and oxygen atoms in total. The van der Waals surface area contributed by atoms with Crippen LogP contribution in [0.15, 0.2) is 48.5 Å². The van der Waals surface area contributed by atoms with Gasteiger partial charge < -0.3 is 11.1 Å². The quantitative estimate of drug-likeness (QED) is 0.751. The number of hydrogen-bond acceptors (Lipinski definition) is 3. The predicted molar refractivity (Wildman–Crippen MR) is 107 cm³/mol. The predicted octanol–water partition coefficient (Wildman–Crippen LogP) is 3.50. The van der Waals surface area contributed by atoms with Crippen LogP contribution in [0.3, 0.4) is 0 Å². The number of carbonyl (C=O) groups excluding carboxylic acids is 1. The van der Waals surface area contributed by atoms with Crippen molar-refractivity contribution in [2.75, 3.05) is 18.8 Å². The van der Waals surface area contributed by atoms with Gasteiger partial charge in [0.05, 0.1) is 0 Å². The largest absolute Gasteiger partial charge is 0.399 e. The van der Waals surface area contributed by atoms with Crippen LogP contribution >= 0.6 is 0 Å². The van der Waals surface area contributed by atoms with Gasteiger partial charge in [-0.15, -0.1) is 0 Å². The summed E-state index contributed by atoms with van der Waals surface area (Å²) in [6.45, 7) is 4.03. The molecule has 4 heteroatoms. The Labute approximate surface area is 156 Å². The van der Waals surface area contributed by atoms with Crippen molar-refractivity contribution in [1.29, 1.82) is 0 Å². The Hall–Kier alpha value is -2.33. The summed E-state index contributed by atoms with van der Waals surface area (Å²) in [5.41, 5.74) is 10.2. The van der Waals surface area contributed by atoms with E-state index in [1.807, 2.05) is 24.3 Å². The lowest BCUT2D eigenvalue weighted by molar-refractivity contribution is -0.121. The number of aryl methyl sites for hydroxylation is 1. The molecule has 1 aliphatic rings. The minimum absolute atomic E-state index is 0.0608. The van der Waals surface area contributed by atoms with E-state index in [1.54, 1.807) is 0 Å². The van der Waals surface area contributed by atoms with Crippen LogP contribution in [0, 0.1) is 0 Å². The molecule has 0 aliphatic carbocycles. The van der Waals surface area contributed by atoms with Crippen molar-refractivity contribution in [3.8, 4) is 0 Å². The van der Waals surface area contributed by atoms with E-state index in [1.165, 1.54) is 37.9 Å². The molecule has 0 saturated carbocycles. The van der Waals surface area contributed by atoms with Gasteiger partial charge >= 0.3 is 0 Å². The highest BCUT2D eigenvalue weighted by atomic mass is 16.1. The SMILES string of the molecule is Nc1ccccc1CCC(=O)NCc1ccc(CN2CCCCC2)cc1. The monoisotopic (exact) mass is 351 g/mol. The molecule has 2 aromatic carbocycles. The van der Waals surface area contributed by atoms with Crippen molar-refractivity contribution >= 4 is 11.6 Å². The third-order valence-corrected chi connectivity index (χ3v) is 5.04. The zero-order valence-corrected chi connectivity index (χ0v) is 15.4. The summed E-state index contributed by atoms with van der Waals surface area (Å²) in [5, 5.41) is 3.00. The number of anilines is 1. The second kappa shape index (κ2) is 9.39. The number of nitrogens with two attached hydrogens (primary N) is 1. The first-order chi connectivity index (χ1) is 12.7. The number of carbonyl (C=O) groups is 1. The maximum absolute atomic E-state index is 12.1. The standard InChI is InChI=1S/C22H29N3O/c23-21-7-3-2-6-20(21)12-13-22(26)24-16-18-8-10-19(11-9-18)17-25-14-4-1-5-15-25/h2-3,6-11H,1,4-5,12-17,23H2,(H,24,26). The number of hydrogen-bond donors (Lipinski definition) is 2. The topological polar surface area (TPSA) is 58.4 Å². The van der Waals surface area contributed by atoms with Gasteiger partial charge in [0.25, 0.3) is 0 Å². The molecular weight excluding hydrogens is 322 g/mol. The highest BCUT2D eigenvalue weighted by molar-refractivity contribution is 5.76. The van der Waals surface area contributed by atoms with Crippen LogP contribution in [0.1, 0.15) is 42.4 Å². The number of nitrogen functional groups attached to an aromatic ring is 1. The highest BCUT2D eigenvalue weighted by Gasteiger charge is 2.10. The van der Waals surface area contributed by atoms with Gasteiger partial charge in [-0.25, -0.2) is 0 Å². The molecule has 1 aliphatic heterocycles. The molecule has 138 valence electrons. The van der Waals surface area contributed by atoms with Gasteiger partial charge in [-0.05, 0) is 55.1 Å². The van der Waals surface area contributed by atoms with Crippen molar-refractivity contribution < 1.29 is 4.79 Å². The van der Waals surface area contributed by atoms with Gasteiger partial charge in [0, 0.05) is 25.2 Å². The summed E-state index contributed by atoms with van der Waals surface area (Å²) in [7, 11) is 0. The smallest absolute Gasteiger partial charge is 0.220 e. The molecule has 26 heavy (non-hydrogen) atoms. The van der Waals surface area contributed by atoms with Crippen molar-refractivity contribution in [3.63, 3.8) is 0 Å². The summed E-state index contributed by atoms with van der Waals surface area (Å²) in [6, 6.07) is 16.3. The summed E-state index contributed by atoms with van der Waals surface area (Å²) in [5.74, 6) is 0.0608. The molecule has 2 aromatic rings. The molecule has 0 radical (unpaired) electrons. The fourth-order valence-electron chi connectivity index (χ4n) is 3.44. The molecule has 1 amide bonds. The third-order valence-electron chi connectivity index (χ3n) is 5.04. The first kappa shape index (κ1) is 18.5. The van der Waals surface area contributed by atoms with E-state index in [2.05, 4.69) is 34.5 Å². The van der Waals surface area contributed by atoms with E-state index in [4.69, 9.17) is 5.73 Å². The van der Waals surface area contributed by atoms with Gasteiger partial charge in [0.15, 0.2) is 0 Å². The van der Waals surface area contributed by atoms with Crippen LogP contribution in [0.4, 0.5) is 5.69 Å². The zero-order chi connectivity index (χ0) is 18.2. The van der Waals surface area contributed by atoms with Crippen molar-refractivity contribution in [2.45, 2.75) is 45.2 Å². The summed E-state index contributed by atoms with van der Waals surface area (Å²) in [6.07, 6.45) is 5.14. The number of piperidine rings is 1. The van der Waals surface area contributed by atoms with Gasteiger partial charge in [-0.2, -0.15) is 0 Å². The average molecular weight is 351 g/mol. The fraction of sp³-hybridized carbons (Fsp3) is 0.409. The normalized spacial score (nSPS) is 14.9. The Morgan fingerprint density at radius 3 is 2.38 bits per heavy atom. The third kappa shape index (κ3) is 5.60. The van der Waals surface area contributed by atoms with Crippen molar-refractivity contribution in [2.24, 2.45) is 0 Å². The van der Waals surface area contributed by atoms with E-state index in [0.29, 0.717) is 19.4 Å². The number of para-hydroxylation sites is 1. The summed E-state index contributed by atoms with van der Waals surface area (Å²) in [4.78, 5) is 14.6. The van der Waals surface area contributed by atoms with Gasteiger partial charge in [0.2, 0.25) is 5.91 Å². The lowest BCUT2D eigenvalue weighted by Crippen LogP contribution is -2.29. The van der Waals surface area contributed by atoms with Crippen LogP contribution in [-0.2, 0) is 24.3 Å². The van der Waals surface area contributed by atoms with Crippen molar-refractivity contribution in [1.82, 2.24) is 10.2 Å². The van der Waals surface area contributed by atoms with Crippen molar-refractivity contribution in [3.05, 3.63) is 65.2 Å². The number of benzene rings is 2. The van der Waals surface area contributed by atoms with Gasteiger partial charge in [-0.1, -0.05) is 48.9 Å². The molecule has 3 rings (SSSR count). The fourth-order valence-corrected chi connectivity index (χ4v) is 3.44. The molecule has 1 saturated heterocycles. The first-order valence-corrected chi connectivity index (χ1v) is 9.61. The number of amides is 1. The Balaban J connectivity index is 1.41. The molecule has 3 N–H and O–H groups in total. The van der Waals surface area contributed by atoms with E-state index in [-0.39, 0.29) is 5.91 Å². The Bertz CT molecular complexity index is 706. The molecule has 0 aromatic heterocycles. The van der Waals surface area contributed by atoms with Crippen LogP contribution in [0.5, 0.6) is 0 Å². The molecular formula is C22H29N3O. The van der Waals surface area contributed by atoms with Gasteiger partial charge in [-0.3, -0.25) is 9.69 Å². The maximum Gasteiger partial charge on any atom is 0.220 e. The van der Waals surface area contributed by atoms with Crippen LogP contribution in [0.2, 0.25) is 0 Å². The first-order valence-electron chi connectivity index (χ1n) is 9.61. The summed E-state index contributed by atoms with van der Waals surface area (Å²) >= 11 is 0. The average Bonchev–Trinajstić information content (AvgIpc) is 2.68. The van der Waals surface area contributed by atoms with E-state index in [9.17, 15) is 4.79 Å². The minimum Gasteiger partial charge on any atom is -0.399 e. The maximum atomic E-state index is 12.1. The number of nitrogens with zero attached hydrogens (tertiary/aromatic N) is 1. The number of likely N-dealkylation sites (tertiary alicyclic amines) is 1. The second-order valence-electron chi connectivity index (χ2n) is 7.13. The molecule has 0 atom stereocenters. The van der Waals surface area contributed by atoms with E-state index in [0.717, 1.165) is 23.4 Å². The molecule has 1 heterocycles. The lowest BCUT2D eigenvalue weighted by atomic mass is 10.1.